The van der Waals surface area contributed by atoms with Gasteiger partial charge in [-0.3, -0.25) is 9.59 Å². The number of ether oxygens (including phenoxy) is 1. The minimum Gasteiger partial charge on any atom is -0.481 e. The summed E-state index contributed by atoms with van der Waals surface area (Å²) in [5.74, 6) is -1.96. The van der Waals surface area contributed by atoms with Crippen molar-refractivity contribution in [2.75, 3.05) is 7.11 Å². The Morgan fingerprint density at radius 3 is 2.10 bits per heavy atom. The van der Waals surface area contributed by atoms with E-state index < -0.39 is 28.8 Å². The van der Waals surface area contributed by atoms with E-state index in [2.05, 4.69) is 30.8 Å². The van der Waals surface area contributed by atoms with E-state index in [0.29, 0.717) is 12.8 Å². The van der Waals surface area contributed by atoms with Crippen LogP contribution in [0.5, 0.6) is 0 Å². The molecule has 0 fully saturated rings. The monoisotopic (exact) mass is 401 g/mol. The van der Waals surface area contributed by atoms with E-state index >= 15 is 0 Å². The number of nitrogens with zero attached hydrogens (tertiary/aromatic N) is 1. The number of carboxylic acids is 1. The number of benzene rings is 1. The van der Waals surface area contributed by atoms with Gasteiger partial charge in [0.1, 0.15) is 0 Å². The van der Waals surface area contributed by atoms with Gasteiger partial charge in [-0.2, -0.15) is 0 Å². The molecule has 0 amide bonds. The molecule has 0 saturated carbocycles. The van der Waals surface area contributed by atoms with Crippen molar-refractivity contribution in [3.8, 4) is 0 Å². The molecule has 0 bridgehead atoms. The molecule has 29 heavy (non-hydrogen) atoms. The Morgan fingerprint density at radius 2 is 1.66 bits per heavy atom. The van der Waals surface area contributed by atoms with Crippen LogP contribution in [0.1, 0.15) is 72.3 Å². The van der Waals surface area contributed by atoms with E-state index in [1.807, 2.05) is 32.0 Å². The van der Waals surface area contributed by atoms with Gasteiger partial charge in [-0.15, -0.1) is 0 Å². The molecule has 0 aliphatic carbocycles. The number of carbonyl (C=O) groups excluding carboxylic acids is 1. The molecule has 1 aromatic rings. The molecule has 1 aromatic carbocycles. The second kappa shape index (κ2) is 9.43. The van der Waals surface area contributed by atoms with Gasteiger partial charge in [0.05, 0.1) is 18.4 Å². The van der Waals surface area contributed by atoms with E-state index in [9.17, 15) is 14.7 Å². The molecule has 0 radical (unpaired) electrons. The molecule has 3 unspecified atom stereocenters. The Bertz CT molecular complexity index is 748. The summed E-state index contributed by atoms with van der Waals surface area (Å²) in [6.45, 7) is 19.0. The lowest BCUT2D eigenvalue weighted by atomic mass is 9.61. The Kier molecular flexibility index (Phi) is 8.03. The van der Waals surface area contributed by atoms with Crippen LogP contribution in [0.4, 0.5) is 0 Å². The molecular formula is C24H35NO4. The summed E-state index contributed by atoms with van der Waals surface area (Å²) < 4.78 is 5.07. The Hall–Kier alpha value is -2.35. The minimum absolute atomic E-state index is 0.0249. The first-order chi connectivity index (χ1) is 13.3. The number of hydrogen-bond donors (Lipinski definition) is 1. The predicted octanol–water partition coefficient (Wildman–Crippen LogP) is 5.56. The van der Waals surface area contributed by atoms with Crippen molar-refractivity contribution in [3.63, 3.8) is 0 Å². The number of rotatable bonds is 10. The Labute approximate surface area is 175 Å². The number of carboxylic acid groups (broad SMARTS) is 1. The lowest BCUT2D eigenvalue weighted by molar-refractivity contribution is -0.157. The summed E-state index contributed by atoms with van der Waals surface area (Å²) in [7, 11) is 1.34. The van der Waals surface area contributed by atoms with Crippen LogP contribution in [-0.2, 0) is 14.3 Å². The van der Waals surface area contributed by atoms with Gasteiger partial charge in [-0.1, -0.05) is 51.1 Å². The van der Waals surface area contributed by atoms with Gasteiger partial charge in [0.2, 0.25) is 5.54 Å². The Morgan fingerprint density at radius 1 is 1.10 bits per heavy atom. The molecule has 3 atom stereocenters. The number of esters is 1. The zero-order valence-corrected chi connectivity index (χ0v) is 18.8. The van der Waals surface area contributed by atoms with Crippen LogP contribution in [0.25, 0.3) is 4.85 Å². The van der Waals surface area contributed by atoms with Crippen molar-refractivity contribution in [2.24, 2.45) is 16.7 Å². The quantitative estimate of drug-likeness (QED) is 0.411. The van der Waals surface area contributed by atoms with E-state index in [1.165, 1.54) is 7.11 Å². The summed E-state index contributed by atoms with van der Waals surface area (Å²) in [5.41, 5.74) is -0.739. The van der Waals surface area contributed by atoms with Crippen molar-refractivity contribution in [1.82, 2.24) is 0 Å². The summed E-state index contributed by atoms with van der Waals surface area (Å²) >= 11 is 0. The molecule has 5 heteroatoms. The van der Waals surface area contributed by atoms with Crippen molar-refractivity contribution < 1.29 is 19.4 Å². The van der Waals surface area contributed by atoms with E-state index in [1.54, 1.807) is 13.8 Å². The molecule has 0 aliphatic heterocycles. The molecule has 1 N–H and O–H groups in total. The normalized spacial score (nSPS) is 16.2. The van der Waals surface area contributed by atoms with Gasteiger partial charge >= 0.3 is 11.9 Å². The van der Waals surface area contributed by atoms with Gasteiger partial charge < -0.3 is 14.7 Å². The molecule has 160 valence electrons. The van der Waals surface area contributed by atoms with Crippen LogP contribution in [-0.4, -0.2) is 29.7 Å². The first-order valence-electron chi connectivity index (χ1n) is 10.0. The van der Waals surface area contributed by atoms with Crippen molar-refractivity contribution >= 4 is 11.9 Å². The van der Waals surface area contributed by atoms with Crippen LogP contribution in [0.2, 0.25) is 0 Å². The highest BCUT2D eigenvalue weighted by Crippen LogP contribution is 2.50. The average Bonchev–Trinajstić information content (AvgIpc) is 2.65. The zero-order valence-electron chi connectivity index (χ0n) is 18.8. The van der Waals surface area contributed by atoms with Crippen LogP contribution in [0, 0.1) is 23.3 Å². The van der Waals surface area contributed by atoms with Gasteiger partial charge in [-0.25, -0.2) is 6.57 Å². The zero-order chi connectivity index (χ0) is 22.5. The van der Waals surface area contributed by atoms with E-state index in [-0.39, 0.29) is 17.8 Å². The van der Waals surface area contributed by atoms with Crippen LogP contribution >= 0.6 is 0 Å². The molecule has 0 heterocycles. The second-order valence-corrected chi connectivity index (χ2v) is 9.75. The highest BCUT2D eigenvalue weighted by atomic mass is 16.5. The second-order valence-electron chi connectivity index (χ2n) is 9.75. The lowest BCUT2D eigenvalue weighted by Gasteiger charge is -2.42. The highest BCUT2D eigenvalue weighted by molar-refractivity contribution is 5.78. The molecular weight excluding hydrogens is 366 g/mol. The maximum atomic E-state index is 12.7. The van der Waals surface area contributed by atoms with Crippen LogP contribution in [0.3, 0.4) is 0 Å². The van der Waals surface area contributed by atoms with Crippen LogP contribution < -0.4 is 0 Å². The fourth-order valence-corrected chi connectivity index (χ4v) is 4.44. The van der Waals surface area contributed by atoms with Gasteiger partial charge in [-0.05, 0) is 36.7 Å². The summed E-state index contributed by atoms with van der Waals surface area (Å²) in [6, 6.07) is 10.0. The third kappa shape index (κ3) is 6.59. The fourth-order valence-electron chi connectivity index (χ4n) is 4.44. The molecule has 0 aliphatic rings. The first kappa shape index (κ1) is 24.7. The predicted molar refractivity (Wildman–Crippen MR) is 114 cm³/mol. The SMILES string of the molecule is [C-]#[N+]C(C)(C)CC(c1ccccc1)C(C)(C)CC(C)(CC(C)C(=O)O)C(=O)OC. The number of aliphatic carboxylic acids is 1. The highest BCUT2D eigenvalue weighted by Gasteiger charge is 2.46. The summed E-state index contributed by atoms with van der Waals surface area (Å²) in [5, 5.41) is 9.38. The number of carbonyl (C=O) groups is 2. The standard InChI is InChI=1S/C24H35NO4/c1-17(20(26)27)14-24(6,21(28)29-8)16-22(2,3)19(15-23(4,5)25-7)18-12-10-9-11-13-18/h9-13,17,19H,14-16H2,1-6,8H3,(H,26,27). The minimum atomic E-state index is -0.939. The van der Waals surface area contributed by atoms with Gasteiger partial charge in [0.25, 0.3) is 0 Å². The number of methoxy groups -OCH3 is 1. The average molecular weight is 402 g/mol. The van der Waals surface area contributed by atoms with Gasteiger partial charge in [0.15, 0.2) is 0 Å². The lowest BCUT2D eigenvalue weighted by Crippen LogP contribution is -2.40. The summed E-state index contributed by atoms with van der Waals surface area (Å²) in [6.07, 6.45) is 1.29. The Balaban J connectivity index is 3.36. The molecule has 1 rings (SSSR count). The van der Waals surface area contributed by atoms with E-state index in [4.69, 9.17) is 11.3 Å². The van der Waals surface area contributed by atoms with Crippen molar-refractivity contribution in [3.05, 3.63) is 47.3 Å². The first-order valence-corrected chi connectivity index (χ1v) is 10.0. The molecule has 5 nitrogen and oxygen atoms in total. The smallest absolute Gasteiger partial charge is 0.311 e. The molecule has 0 spiro atoms. The van der Waals surface area contributed by atoms with Crippen LogP contribution in [0.15, 0.2) is 30.3 Å². The third-order valence-electron chi connectivity index (χ3n) is 5.85. The van der Waals surface area contributed by atoms with E-state index in [0.717, 1.165) is 5.56 Å². The van der Waals surface area contributed by atoms with Crippen molar-refractivity contribution in [1.29, 1.82) is 0 Å². The third-order valence-corrected chi connectivity index (χ3v) is 5.85. The molecule has 0 aromatic heterocycles. The molecule has 0 saturated heterocycles. The number of hydrogen-bond acceptors (Lipinski definition) is 3. The van der Waals surface area contributed by atoms with Gasteiger partial charge in [0, 0.05) is 20.3 Å². The summed E-state index contributed by atoms with van der Waals surface area (Å²) in [4.78, 5) is 28.0. The largest absolute Gasteiger partial charge is 0.481 e. The van der Waals surface area contributed by atoms with Crippen molar-refractivity contribution in [2.45, 2.75) is 72.3 Å². The topological polar surface area (TPSA) is 68.0 Å². The maximum Gasteiger partial charge on any atom is 0.311 e. The maximum absolute atomic E-state index is 12.7. The fraction of sp³-hybridized carbons (Fsp3) is 0.625.